The zero-order chi connectivity index (χ0) is 16.8. The molecule has 124 valence electrons. The van der Waals surface area contributed by atoms with Crippen LogP contribution < -0.4 is 0 Å². The number of hydrogen-bond donors (Lipinski definition) is 0. The predicted octanol–water partition coefficient (Wildman–Crippen LogP) is 5.52. The predicted molar refractivity (Wildman–Crippen MR) is 92.8 cm³/mol. The molecule has 1 unspecified atom stereocenters. The molecule has 1 atom stereocenters. The number of hydrogen-bond acceptors (Lipinski definition) is 3. The van der Waals surface area contributed by atoms with Crippen LogP contribution in [0.15, 0.2) is 22.7 Å². The van der Waals surface area contributed by atoms with Crippen molar-refractivity contribution in [1.82, 2.24) is 4.98 Å². The van der Waals surface area contributed by atoms with Crippen molar-refractivity contribution in [3.8, 4) is 0 Å². The lowest BCUT2D eigenvalue weighted by Crippen LogP contribution is -2.33. The van der Waals surface area contributed by atoms with Crippen molar-refractivity contribution >= 4 is 16.9 Å². The summed E-state index contributed by atoms with van der Waals surface area (Å²) in [6.45, 7) is 10.9. The molecule has 0 radical (unpaired) electrons. The Balaban J connectivity index is 2.02. The molecule has 1 fully saturated rings. The molecule has 0 bridgehead atoms. The van der Waals surface area contributed by atoms with Crippen LogP contribution in [0.2, 0.25) is 0 Å². The molecular weight excluding hydrogens is 286 g/mol. The van der Waals surface area contributed by atoms with Gasteiger partial charge in [0.2, 0.25) is 5.78 Å². The first-order valence-electron chi connectivity index (χ1n) is 8.63. The lowest BCUT2D eigenvalue weighted by Gasteiger charge is -2.37. The zero-order valence-electron chi connectivity index (χ0n) is 14.9. The van der Waals surface area contributed by atoms with E-state index in [0.29, 0.717) is 5.76 Å². The number of nitrogens with zero attached hydrogens (tertiary/aromatic N) is 1. The van der Waals surface area contributed by atoms with Gasteiger partial charge in [0.15, 0.2) is 11.3 Å². The van der Waals surface area contributed by atoms with Gasteiger partial charge in [0, 0.05) is 23.7 Å². The summed E-state index contributed by atoms with van der Waals surface area (Å²) in [5, 5.41) is 0. The standard InChI is InChI=1S/C20H27NO2/c1-19(2,3)14-9-11-21-15-12-16(23-18(14)15)17(22)13-8-6-7-10-20(13,4)5/h9,11-13H,6-8,10H2,1-5H3. The van der Waals surface area contributed by atoms with Gasteiger partial charge in [0.1, 0.15) is 5.52 Å². The van der Waals surface area contributed by atoms with E-state index in [1.807, 2.05) is 12.1 Å². The smallest absolute Gasteiger partial charge is 0.201 e. The van der Waals surface area contributed by atoms with Crippen LogP contribution in [0, 0.1) is 11.3 Å². The molecule has 0 saturated heterocycles. The van der Waals surface area contributed by atoms with E-state index in [1.54, 1.807) is 6.20 Å². The normalized spacial score (nSPS) is 21.5. The molecule has 0 amide bonds. The maximum Gasteiger partial charge on any atom is 0.201 e. The Morgan fingerprint density at radius 1 is 1.30 bits per heavy atom. The SMILES string of the molecule is CC(C)(C)c1ccnc2cc(C(=O)C3CCCCC3(C)C)oc12. The van der Waals surface area contributed by atoms with Crippen LogP contribution in [0.1, 0.15) is 76.4 Å². The van der Waals surface area contributed by atoms with Crippen LogP contribution in [-0.2, 0) is 5.41 Å². The number of pyridine rings is 1. The van der Waals surface area contributed by atoms with Crippen molar-refractivity contribution in [2.75, 3.05) is 0 Å². The minimum atomic E-state index is -0.0382. The second kappa shape index (κ2) is 5.47. The van der Waals surface area contributed by atoms with E-state index in [1.165, 1.54) is 6.42 Å². The summed E-state index contributed by atoms with van der Waals surface area (Å²) < 4.78 is 6.02. The lowest BCUT2D eigenvalue weighted by molar-refractivity contribution is 0.0670. The van der Waals surface area contributed by atoms with Crippen molar-refractivity contribution in [2.24, 2.45) is 11.3 Å². The fraction of sp³-hybridized carbons (Fsp3) is 0.600. The van der Waals surface area contributed by atoms with Gasteiger partial charge in [0.25, 0.3) is 0 Å². The maximum absolute atomic E-state index is 13.0. The third-order valence-corrected chi connectivity index (χ3v) is 5.29. The highest BCUT2D eigenvalue weighted by atomic mass is 16.3. The number of rotatable bonds is 2. The Kier molecular flexibility index (Phi) is 3.86. The summed E-state index contributed by atoms with van der Waals surface area (Å²) in [6, 6.07) is 3.82. The van der Waals surface area contributed by atoms with E-state index in [-0.39, 0.29) is 22.5 Å². The van der Waals surface area contributed by atoms with E-state index in [4.69, 9.17) is 4.42 Å². The lowest BCUT2D eigenvalue weighted by atomic mass is 9.67. The summed E-state index contributed by atoms with van der Waals surface area (Å²) >= 11 is 0. The highest BCUT2D eigenvalue weighted by Gasteiger charge is 2.39. The van der Waals surface area contributed by atoms with E-state index in [2.05, 4.69) is 39.6 Å². The van der Waals surface area contributed by atoms with Crippen LogP contribution >= 0.6 is 0 Å². The van der Waals surface area contributed by atoms with Gasteiger partial charge in [-0.05, 0) is 29.7 Å². The molecule has 1 saturated carbocycles. The molecule has 2 aromatic rings. The molecule has 3 nitrogen and oxygen atoms in total. The average molecular weight is 313 g/mol. The number of fused-ring (bicyclic) bond motifs is 1. The molecule has 0 aliphatic heterocycles. The molecule has 2 heterocycles. The average Bonchev–Trinajstić information content (AvgIpc) is 2.88. The van der Waals surface area contributed by atoms with Gasteiger partial charge in [-0.1, -0.05) is 47.5 Å². The molecule has 3 rings (SSSR count). The van der Waals surface area contributed by atoms with Gasteiger partial charge < -0.3 is 4.42 Å². The van der Waals surface area contributed by atoms with Gasteiger partial charge >= 0.3 is 0 Å². The molecule has 0 aromatic carbocycles. The van der Waals surface area contributed by atoms with Gasteiger partial charge in [-0.15, -0.1) is 0 Å². The Morgan fingerprint density at radius 3 is 2.70 bits per heavy atom. The van der Waals surface area contributed by atoms with Gasteiger partial charge in [0.05, 0.1) is 0 Å². The molecule has 0 N–H and O–H groups in total. The second-order valence-electron chi connectivity index (χ2n) is 8.58. The Morgan fingerprint density at radius 2 is 2.04 bits per heavy atom. The molecular formula is C20H27NO2. The number of Topliss-reactive ketones (excluding diaryl/α,β-unsaturated/α-hetero) is 1. The van der Waals surface area contributed by atoms with E-state index >= 15 is 0 Å². The Bertz CT molecular complexity index is 734. The van der Waals surface area contributed by atoms with Crippen molar-refractivity contribution in [3.05, 3.63) is 29.7 Å². The third-order valence-electron chi connectivity index (χ3n) is 5.29. The fourth-order valence-corrected chi connectivity index (χ4v) is 3.80. The molecule has 23 heavy (non-hydrogen) atoms. The summed E-state index contributed by atoms with van der Waals surface area (Å²) in [5.41, 5.74) is 2.66. The van der Waals surface area contributed by atoms with Gasteiger partial charge in [-0.2, -0.15) is 0 Å². The van der Waals surface area contributed by atoms with Crippen molar-refractivity contribution in [2.45, 2.75) is 65.7 Å². The highest BCUT2D eigenvalue weighted by molar-refractivity contribution is 5.99. The monoisotopic (exact) mass is 313 g/mol. The van der Waals surface area contributed by atoms with E-state index in [0.717, 1.165) is 35.9 Å². The largest absolute Gasteiger partial charge is 0.451 e. The van der Waals surface area contributed by atoms with Crippen LogP contribution in [0.5, 0.6) is 0 Å². The van der Waals surface area contributed by atoms with Gasteiger partial charge in [-0.3, -0.25) is 9.78 Å². The van der Waals surface area contributed by atoms with Crippen LogP contribution in [-0.4, -0.2) is 10.8 Å². The fourth-order valence-electron chi connectivity index (χ4n) is 3.80. The van der Waals surface area contributed by atoms with E-state index < -0.39 is 0 Å². The maximum atomic E-state index is 13.0. The summed E-state index contributed by atoms with van der Waals surface area (Å²) in [6.07, 6.45) is 6.22. The van der Waals surface area contributed by atoms with Crippen molar-refractivity contribution in [3.63, 3.8) is 0 Å². The third kappa shape index (κ3) is 2.93. The number of ketones is 1. The molecule has 3 heteroatoms. The quantitative estimate of drug-likeness (QED) is 0.685. The number of aromatic nitrogens is 1. The summed E-state index contributed by atoms with van der Waals surface area (Å²) in [5.74, 6) is 0.673. The Hall–Kier alpha value is -1.64. The van der Waals surface area contributed by atoms with Gasteiger partial charge in [-0.25, -0.2) is 0 Å². The highest BCUT2D eigenvalue weighted by Crippen LogP contribution is 2.43. The van der Waals surface area contributed by atoms with E-state index in [9.17, 15) is 4.79 Å². The second-order valence-corrected chi connectivity index (χ2v) is 8.58. The summed E-state index contributed by atoms with van der Waals surface area (Å²) in [4.78, 5) is 17.4. The molecule has 2 aromatic heterocycles. The number of furan rings is 1. The minimum Gasteiger partial charge on any atom is -0.451 e. The van der Waals surface area contributed by atoms with Crippen LogP contribution in [0.3, 0.4) is 0 Å². The number of carbonyl (C=O) groups excluding carboxylic acids is 1. The van der Waals surface area contributed by atoms with Crippen molar-refractivity contribution < 1.29 is 9.21 Å². The first-order chi connectivity index (χ1) is 10.7. The first kappa shape index (κ1) is 16.2. The molecule has 1 aliphatic carbocycles. The first-order valence-corrected chi connectivity index (χ1v) is 8.63. The molecule has 1 aliphatic rings. The topological polar surface area (TPSA) is 43.1 Å². The van der Waals surface area contributed by atoms with Crippen LogP contribution in [0.25, 0.3) is 11.1 Å². The Labute approximate surface area is 138 Å². The minimum absolute atomic E-state index is 0.0382. The van der Waals surface area contributed by atoms with Crippen molar-refractivity contribution in [1.29, 1.82) is 0 Å². The number of carbonyl (C=O) groups is 1. The summed E-state index contributed by atoms with van der Waals surface area (Å²) in [7, 11) is 0. The van der Waals surface area contributed by atoms with Crippen LogP contribution in [0.4, 0.5) is 0 Å². The molecule has 0 spiro atoms. The zero-order valence-corrected chi connectivity index (χ0v) is 14.9.